The van der Waals surface area contributed by atoms with Crippen molar-refractivity contribution in [2.24, 2.45) is 7.05 Å². The van der Waals surface area contributed by atoms with Crippen molar-refractivity contribution in [2.45, 2.75) is 53.4 Å². The van der Waals surface area contributed by atoms with Crippen molar-refractivity contribution in [3.63, 3.8) is 0 Å². The van der Waals surface area contributed by atoms with Gasteiger partial charge in [0.05, 0.1) is 12.3 Å². The Bertz CT molecular complexity index is 1280. The third-order valence-corrected chi connectivity index (χ3v) is 6.94. The molecule has 0 radical (unpaired) electrons. The molecule has 1 heterocycles. The highest BCUT2D eigenvalue weighted by molar-refractivity contribution is 5.95. The van der Waals surface area contributed by atoms with Crippen molar-refractivity contribution >= 4 is 10.8 Å². The van der Waals surface area contributed by atoms with Crippen LogP contribution < -0.4 is 4.57 Å². The maximum absolute atomic E-state index is 8.89. The summed E-state index contributed by atoms with van der Waals surface area (Å²) < 4.78 is 11.1. The highest BCUT2D eigenvalue weighted by atomic mass is 14.9. The Labute approximate surface area is 188 Å². The molecule has 0 spiro atoms. The molecule has 1 heteroatoms. The predicted molar refractivity (Wildman–Crippen MR) is 134 cm³/mol. The molecule has 0 saturated carbocycles. The van der Waals surface area contributed by atoms with Crippen molar-refractivity contribution in [1.82, 2.24) is 0 Å². The van der Waals surface area contributed by atoms with E-state index >= 15 is 0 Å². The number of rotatable bonds is 5. The van der Waals surface area contributed by atoms with Crippen LogP contribution in [0, 0.1) is 20.8 Å². The Morgan fingerprint density at radius 1 is 0.871 bits per heavy atom. The molecule has 0 fully saturated rings. The summed E-state index contributed by atoms with van der Waals surface area (Å²) in [5, 5.41) is 2.22. The summed E-state index contributed by atoms with van der Waals surface area (Å²) in [6.45, 7) is 11.0. The third-order valence-electron chi connectivity index (χ3n) is 6.94. The van der Waals surface area contributed by atoms with E-state index in [1.807, 2.05) is 0 Å². The van der Waals surface area contributed by atoms with E-state index in [4.69, 9.17) is 1.37 Å². The SMILES string of the molecule is [2H]c1c(C)[n+](C)c(-c2cc(-c3ccccc3)cc(C)c2C)c2ccc(C(CC)CC)cc12. The van der Waals surface area contributed by atoms with Gasteiger partial charge in [0, 0.05) is 13.0 Å². The number of aryl methyl sites for hydroxylation is 1. The minimum atomic E-state index is 0.543. The second-order valence-electron chi connectivity index (χ2n) is 8.77. The summed E-state index contributed by atoms with van der Waals surface area (Å²) in [7, 11) is 2.10. The molecular weight excluding hydrogens is 374 g/mol. The molecule has 0 bridgehead atoms. The van der Waals surface area contributed by atoms with Crippen molar-refractivity contribution in [3.05, 3.63) is 89.1 Å². The van der Waals surface area contributed by atoms with Gasteiger partial charge in [0.1, 0.15) is 7.05 Å². The van der Waals surface area contributed by atoms with Gasteiger partial charge in [0.25, 0.3) is 0 Å². The fourth-order valence-corrected chi connectivity index (χ4v) is 4.74. The molecule has 0 atom stereocenters. The summed E-state index contributed by atoms with van der Waals surface area (Å²) in [6, 6.07) is 22.6. The molecule has 4 aromatic rings. The molecule has 1 aromatic heterocycles. The minimum absolute atomic E-state index is 0.543. The standard InChI is InChI=1S/C30H34N/c1-7-23(8-2)25-14-15-28-27(18-25)17-21(4)31(6)30(28)29-19-26(16-20(3)22(29)5)24-12-10-9-11-13-24/h9-19,23H,7-8H2,1-6H3/q+1/i17D. The number of benzene rings is 3. The molecule has 3 aromatic carbocycles. The molecule has 0 unspecified atom stereocenters. The smallest absolute Gasteiger partial charge is 0.198 e. The Balaban J connectivity index is 2.04. The minimum Gasteiger partial charge on any atom is -0.198 e. The van der Waals surface area contributed by atoms with Crippen molar-refractivity contribution in [2.75, 3.05) is 0 Å². The summed E-state index contributed by atoms with van der Waals surface area (Å²) in [5.74, 6) is 0.543. The van der Waals surface area contributed by atoms with E-state index in [0.717, 1.165) is 29.3 Å². The van der Waals surface area contributed by atoms with Gasteiger partial charge in [-0.15, -0.1) is 0 Å². The lowest BCUT2D eigenvalue weighted by Crippen LogP contribution is -2.35. The molecule has 0 saturated heterocycles. The van der Waals surface area contributed by atoms with E-state index in [2.05, 4.69) is 107 Å². The zero-order valence-corrected chi connectivity index (χ0v) is 19.7. The van der Waals surface area contributed by atoms with Crippen LogP contribution in [0.25, 0.3) is 33.2 Å². The van der Waals surface area contributed by atoms with Crippen LogP contribution in [0.5, 0.6) is 0 Å². The Kier molecular flexibility index (Phi) is 5.59. The molecule has 0 N–H and O–H groups in total. The number of fused-ring (bicyclic) bond motifs is 1. The fraction of sp³-hybridized carbons (Fsp3) is 0.300. The van der Waals surface area contributed by atoms with Crippen LogP contribution in [0.15, 0.2) is 66.7 Å². The van der Waals surface area contributed by atoms with Gasteiger partial charge < -0.3 is 0 Å². The third kappa shape index (κ3) is 3.90. The highest BCUT2D eigenvalue weighted by Crippen LogP contribution is 2.35. The highest BCUT2D eigenvalue weighted by Gasteiger charge is 2.22. The van der Waals surface area contributed by atoms with Crippen molar-refractivity contribution < 1.29 is 5.94 Å². The molecular formula is C30H34N+. The Morgan fingerprint density at radius 3 is 2.26 bits per heavy atom. The Morgan fingerprint density at radius 2 is 1.58 bits per heavy atom. The maximum Gasteiger partial charge on any atom is 0.220 e. The summed E-state index contributed by atoms with van der Waals surface area (Å²) in [5.41, 5.74) is 9.83. The lowest BCUT2D eigenvalue weighted by molar-refractivity contribution is -0.665. The van der Waals surface area contributed by atoms with E-state index in [1.165, 1.54) is 39.1 Å². The van der Waals surface area contributed by atoms with E-state index < -0.39 is 0 Å². The van der Waals surface area contributed by atoms with Crippen molar-refractivity contribution in [3.8, 4) is 22.4 Å². The molecule has 0 aliphatic rings. The van der Waals surface area contributed by atoms with Crippen LogP contribution in [0.3, 0.4) is 0 Å². The molecule has 158 valence electrons. The molecule has 1 nitrogen and oxygen atoms in total. The summed E-state index contributed by atoms with van der Waals surface area (Å²) >= 11 is 0. The van der Waals surface area contributed by atoms with Gasteiger partial charge in [-0.05, 0) is 77.9 Å². The van der Waals surface area contributed by atoms with Crippen LogP contribution >= 0.6 is 0 Å². The second-order valence-corrected chi connectivity index (χ2v) is 8.77. The van der Waals surface area contributed by atoms with Gasteiger partial charge in [0.2, 0.25) is 5.69 Å². The molecule has 0 aliphatic heterocycles. The lowest BCUT2D eigenvalue weighted by Gasteiger charge is -2.16. The summed E-state index contributed by atoms with van der Waals surface area (Å²) in [6.07, 6.45) is 2.25. The molecule has 4 rings (SSSR count). The molecule has 31 heavy (non-hydrogen) atoms. The van der Waals surface area contributed by atoms with E-state index in [9.17, 15) is 0 Å². The van der Waals surface area contributed by atoms with Crippen LogP contribution in [0.2, 0.25) is 0 Å². The Hall–Kier alpha value is -2.93. The molecule has 0 aliphatic carbocycles. The van der Waals surface area contributed by atoms with Gasteiger partial charge in [0.15, 0.2) is 5.69 Å². The van der Waals surface area contributed by atoms with Gasteiger partial charge in [-0.2, -0.15) is 4.57 Å². The first-order valence-corrected chi connectivity index (χ1v) is 11.5. The van der Waals surface area contributed by atoms with Crippen LogP contribution in [-0.4, -0.2) is 0 Å². The number of pyridine rings is 1. The predicted octanol–water partition coefficient (Wildman–Crippen LogP) is 7.83. The zero-order chi connectivity index (χ0) is 23.0. The first-order chi connectivity index (χ1) is 15.4. The van der Waals surface area contributed by atoms with Gasteiger partial charge >= 0.3 is 0 Å². The zero-order valence-electron chi connectivity index (χ0n) is 20.7. The van der Waals surface area contributed by atoms with Crippen molar-refractivity contribution in [1.29, 1.82) is 0 Å². The average molecular weight is 410 g/mol. The van der Waals surface area contributed by atoms with E-state index in [1.54, 1.807) is 0 Å². The molecule has 0 amide bonds. The lowest BCUT2D eigenvalue weighted by atomic mass is 9.89. The normalized spacial score (nSPS) is 11.9. The van der Waals surface area contributed by atoms with Gasteiger partial charge in [-0.1, -0.05) is 62.4 Å². The average Bonchev–Trinajstić information content (AvgIpc) is 2.81. The van der Waals surface area contributed by atoms with Gasteiger partial charge in [-0.3, -0.25) is 0 Å². The van der Waals surface area contributed by atoms with Gasteiger partial charge in [-0.25, -0.2) is 0 Å². The maximum atomic E-state index is 8.89. The monoisotopic (exact) mass is 409 g/mol. The van der Waals surface area contributed by atoms with Crippen LogP contribution in [-0.2, 0) is 7.05 Å². The summed E-state index contributed by atoms with van der Waals surface area (Å²) in [4.78, 5) is 0. The first-order valence-electron chi connectivity index (χ1n) is 12.0. The number of nitrogens with zero attached hydrogens (tertiary/aromatic N) is 1. The number of aromatic nitrogens is 1. The van der Waals surface area contributed by atoms with Crippen LogP contribution in [0.4, 0.5) is 0 Å². The number of hydrogen-bond acceptors (Lipinski definition) is 0. The van der Waals surface area contributed by atoms with Crippen LogP contribution in [0.1, 0.15) is 56.4 Å². The first kappa shape index (κ1) is 20.0. The number of hydrogen-bond donors (Lipinski definition) is 0. The van der Waals surface area contributed by atoms with E-state index in [0.29, 0.717) is 12.0 Å². The quantitative estimate of drug-likeness (QED) is 0.296. The topological polar surface area (TPSA) is 3.88 Å². The largest absolute Gasteiger partial charge is 0.220 e. The van der Waals surface area contributed by atoms with E-state index in [-0.39, 0.29) is 0 Å². The fourth-order valence-electron chi connectivity index (χ4n) is 4.74. The second kappa shape index (κ2) is 8.67.